The van der Waals surface area contributed by atoms with Gasteiger partial charge in [-0.15, -0.1) is 0 Å². The van der Waals surface area contributed by atoms with Gasteiger partial charge in [0.15, 0.2) is 0 Å². The van der Waals surface area contributed by atoms with Crippen molar-refractivity contribution in [3.8, 4) is 11.5 Å². The van der Waals surface area contributed by atoms with Crippen molar-refractivity contribution in [1.29, 1.82) is 0 Å². The molecule has 0 aliphatic heterocycles. The van der Waals surface area contributed by atoms with Crippen LogP contribution in [0.15, 0.2) is 54.9 Å². The Morgan fingerprint density at radius 3 is 2.42 bits per heavy atom. The average Bonchev–Trinajstić information content (AvgIpc) is 2.91. The number of ether oxygens (including phenoxy) is 2. The number of amides is 1. The largest absolute Gasteiger partial charge is 0.497 e. The number of methoxy groups -OCH3 is 2. The number of nitrogens with zero attached hydrogens (tertiary/aromatic N) is 2. The van der Waals surface area contributed by atoms with E-state index in [1.807, 2.05) is 18.2 Å². The predicted octanol–water partition coefficient (Wildman–Crippen LogP) is 7.10. The van der Waals surface area contributed by atoms with Crippen LogP contribution >= 0.6 is 0 Å². The zero-order valence-electron chi connectivity index (χ0n) is 23.6. The van der Waals surface area contributed by atoms with Crippen molar-refractivity contribution in [3.05, 3.63) is 71.5 Å². The molecular weight excluding hydrogens is 476 g/mol. The summed E-state index contributed by atoms with van der Waals surface area (Å²) < 4.78 is 11.1. The van der Waals surface area contributed by atoms with Crippen LogP contribution in [-0.2, 0) is 16.8 Å². The van der Waals surface area contributed by atoms with E-state index in [0.717, 1.165) is 59.6 Å². The number of hydrogen-bond donors (Lipinski definition) is 2. The van der Waals surface area contributed by atoms with E-state index in [4.69, 9.17) is 9.47 Å². The number of unbranched alkanes of at least 4 members (excludes halogenated alkanes) is 2. The molecule has 1 amide bonds. The van der Waals surface area contributed by atoms with Crippen LogP contribution < -0.4 is 20.1 Å². The fourth-order valence-corrected chi connectivity index (χ4v) is 4.62. The maximum Gasteiger partial charge on any atom is 0.224 e. The van der Waals surface area contributed by atoms with Gasteiger partial charge in [0.25, 0.3) is 0 Å². The first-order valence-corrected chi connectivity index (χ1v) is 13.4. The third kappa shape index (κ3) is 8.20. The first kappa shape index (κ1) is 29.0. The highest BCUT2D eigenvalue weighted by Gasteiger charge is 2.23. The van der Waals surface area contributed by atoms with Gasteiger partial charge in [0, 0.05) is 37.1 Å². The van der Waals surface area contributed by atoms with E-state index in [1.54, 1.807) is 32.7 Å². The van der Waals surface area contributed by atoms with Crippen molar-refractivity contribution >= 4 is 17.5 Å². The monoisotopic (exact) mass is 518 g/mol. The molecule has 1 unspecified atom stereocenters. The normalized spacial score (nSPS) is 12.1. The van der Waals surface area contributed by atoms with E-state index in [1.165, 1.54) is 0 Å². The zero-order chi connectivity index (χ0) is 27.5. The SMILES string of the molecule is CCCCCC(CC(=O)Nc1cc(CNc2ncccn2)ccc1C(C)(C)C)c1ccc(OC)cc1OC. The number of aromatic nitrogens is 2. The molecule has 1 atom stereocenters. The van der Waals surface area contributed by atoms with Crippen LogP contribution in [0.5, 0.6) is 11.5 Å². The number of hydrogen-bond acceptors (Lipinski definition) is 6. The van der Waals surface area contributed by atoms with E-state index >= 15 is 0 Å². The van der Waals surface area contributed by atoms with Gasteiger partial charge in [-0.2, -0.15) is 0 Å². The number of benzene rings is 2. The van der Waals surface area contributed by atoms with E-state index in [0.29, 0.717) is 18.9 Å². The van der Waals surface area contributed by atoms with Gasteiger partial charge in [0.2, 0.25) is 11.9 Å². The van der Waals surface area contributed by atoms with E-state index < -0.39 is 0 Å². The Hall–Kier alpha value is -3.61. The van der Waals surface area contributed by atoms with Gasteiger partial charge in [0.05, 0.1) is 14.2 Å². The maximum atomic E-state index is 13.5. The summed E-state index contributed by atoms with van der Waals surface area (Å²) in [7, 11) is 3.31. The number of carbonyl (C=O) groups excluding carboxylic acids is 1. The quantitative estimate of drug-likeness (QED) is 0.235. The lowest BCUT2D eigenvalue weighted by atomic mass is 9.85. The fraction of sp³-hybridized carbons (Fsp3) is 0.452. The summed E-state index contributed by atoms with van der Waals surface area (Å²) in [5.41, 5.74) is 3.88. The lowest BCUT2D eigenvalue weighted by Crippen LogP contribution is -2.21. The highest BCUT2D eigenvalue weighted by Crippen LogP contribution is 2.36. The van der Waals surface area contributed by atoms with Gasteiger partial charge in [-0.3, -0.25) is 4.79 Å². The number of rotatable bonds is 13. The van der Waals surface area contributed by atoms with Crippen LogP contribution in [-0.4, -0.2) is 30.1 Å². The van der Waals surface area contributed by atoms with Crippen LogP contribution in [0.2, 0.25) is 0 Å². The number of nitrogens with one attached hydrogen (secondary N) is 2. The Morgan fingerprint density at radius 1 is 1.00 bits per heavy atom. The topological polar surface area (TPSA) is 85.4 Å². The minimum atomic E-state index is -0.128. The molecule has 0 aliphatic carbocycles. The van der Waals surface area contributed by atoms with Crippen LogP contribution in [0, 0.1) is 0 Å². The Labute approximate surface area is 227 Å². The molecule has 2 N–H and O–H groups in total. The summed E-state index contributed by atoms with van der Waals surface area (Å²) in [4.78, 5) is 22.0. The van der Waals surface area contributed by atoms with E-state index in [2.05, 4.69) is 66.5 Å². The molecule has 0 radical (unpaired) electrons. The summed E-state index contributed by atoms with van der Waals surface area (Å²) in [6.45, 7) is 9.21. The predicted molar refractivity (Wildman–Crippen MR) is 154 cm³/mol. The van der Waals surface area contributed by atoms with Crippen molar-refractivity contribution in [1.82, 2.24) is 9.97 Å². The zero-order valence-corrected chi connectivity index (χ0v) is 23.6. The summed E-state index contributed by atoms with van der Waals surface area (Å²) in [5, 5.41) is 6.49. The number of carbonyl (C=O) groups is 1. The Morgan fingerprint density at radius 2 is 1.76 bits per heavy atom. The maximum absolute atomic E-state index is 13.5. The van der Waals surface area contributed by atoms with Crippen LogP contribution in [0.3, 0.4) is 0 Å². The summed E-state index contributed by atoms with van der Waals surface area (Å²) in [6, 6.07) is 13.9. The van der Waals surface area contributed by atoms with Crippen molar-refractivity contribution in [3.63, 3.8) is 0 Å². The van der Waals surface area contributed by atoms with Gasteiger partial charge in [-0.05, 0) is 52.6 Å². The summed E-state index contributed by atoms with van der Waals surface area (Å²) in [6.07, 6.45) is 8.01. The molecule has 0 spiro atoms. The van der Waals surface area contributed by atoms with Gasteiger partial charge in [0.1, 0.15) is 11.5 Å². The lowest BCUT2D eigenvalue weighted by molar-refractivity contribution is -0.116. The molecule has 7 nitrogen and oxygen atoms in total. The molecule has 3 aromatic rings. The molecule has 0 bridgehead atoms. The van der Waals surface area contributed by atoms with E-state index in [-0.39, 0.29) is 17.2 Å². The third-order valence-electron chi connectivity index (χ3n) is 6.65. The number of anilines is 2. The van der Waals surface area contributed by atoms with Crippen LogP contribution in [0.25, 0.3) is 0 Å². The molecule has 0 saturated carbocycles. The molecule has 38 heavy (non-hydrogen) atoms. The second-order valence-corrected chi connectivity index (χ2v) is 10.6. The van der Waals surface area contributed by atoms with Crippen molar-refractivity contribution < 1.29 is 14.3 Å². The molecule has 204 valence electrons. The molecule has 0 fully saturated rings. The summed E-state index contributed by atoms with van der Waals surface area (Å²) in [5.74, 6) is 2.10. The molecule has 2 aromatic carbocycles. The Bertz CT molecular complexity index is 1180. The standard InChI is InChI=1S/C31H42N4O3/c1-7-8-9-11-23(25-14-13-24(37-5)20-28(25)38-6)19-29(36)35-27-18-22(12-15-26(27)31(2,3)4)21-34-30-32-16-10-17-33-30/h10,12-18,20,23H,7-9,11,19,21H2,1-6H3,(H,35,36)(H,32,33,34). The molecule has 0 aliphatic rings. The van der Waals surface area contributed by atoms with Crippen LogP contribution in [0.4, 0.5) is 11.6 Å². The van der Waals surface area contributed by atoms with Crippen molar-refractivity contribution in [2.75, 3.05) is 24.9 Å². The van der Waals surface area contributed by atoms with Crippen LogP contribution in [0.1, 0.15) is 82.4 Å². The molecule has 7 heteroatoms. The highest BCUT2D eigenvalue weighted by atomic mass is 16.5. The molecule has 3 rings (SSSR count). The minimum Gasteiger partial charge on any atom is -0.497 e. The molecule has 1 heterocycles. The lowest BCUT2D eigenvalue weighted by Gasteiger charge is -2.25. The fourth-order valence-electron chi connectivity index (χ4n) is 4.62. The minimum absolute atomic E-state index is 0.00799. The van der Waals surface area contributed by atoms with Crippen molar-refractivity contribution in [2.45, 2.75) is 77.7 Å². The second kappa shape index (κ2) is 13.8. The van der Waals surface area contributed by atoms with Gasteiger partial charge < -0.3 is 20.1 Å². The average molecular weight is 519 g/mol. The van der Waals surface area contributed by atoms with Gasteiger partial charge in [-0.1, -0.05) is 65.2 Å². The summed E-state index contributed by atoms with van der Waals surface area (Å²) >= 11 is 0. The van der Waals surface area contributed by atoms with Gasteiger partial charge in [-0.25, -0.2) is 9.97 Å². The van der Waals surface area contributed by atoms with Crippen molar-refractivity contribution in [2.24, 2.45) is 0 Å². The highest BCUT2D eigenvalue weighted by molar-refractivity contribution is 5.92. The molecule has 1 aromatic heterocycles. The second-order valence-electron chi connectivity index (χ2n) is 10.6. The smallest absolute Gasteiger partial charge is 0.224 e. The third-order valence-corrected chi connectivity index (χ3v) is 6.65. The van der Waals surface area contributed by atoms with Gasteiger partial charge >= 0.3 is 0 Å². The Kier molecular flexibility index (Phi) is 10.5. The Balaban J connectivity index is 1.82. The molecular formula is C31H42N4O3. The van der Waals surface area contributed by atoms with E-state index in [9.17, 15) is 4.79 Å². The first-order valence-electron chi connectivity index (χ1n) is 13.4. The first-order chi connectivity index (χ1) is 18.2. The molecule has 0 saturated heterocycles.